The van der Waals surface area contributed by atoms with E-state index in [4.69, 9.17) is 0 Å². The molecule has 0 spiro atoms. The van der Waals surface area contributed by atoms with Crippen LogP contribution in [0.4, 0.5) is 0 Å². The maximum Gasteiger partial charge on any atom is 0.0640 e. The van der Waals surface area contributed by atoms with Gasteiger partial charge >= 0.3 is 0 Å². The van der Waals surface area contributed by atoms with Crippen LogP contribution in [0, 0.1) is 0 Å². The monoisotopic (exact) mass is 93.1 g/mol. The molecular weight excluding hydrogens is 86.1 g/mol. The molecule has 1 nitrogen and oxygen atoms in total. The summed E-state index contributed by atoms with van der Waals surface area (Å²) in [5.74, 6) is 0. The molecule has 0 amide bonds. The predicted octanol–water partition coefficient (Wildman–Crippen LogP) is 1.18. The number of nitrogens with zero attached hydrogens (tertiary/aromatic N) is 1. The Hall–Kier alpha value is -0.850. The van der Waals surface area contributed by atoms with Crippen LogP contribution in [-0.2, 0) is 0 Å². The Morgan fingerprint density at radius 1 is 1.57 bits per heavy atom. The van der Waals surface area contributed by atoms with Gasteiger partial charge in [-0.15, -0.1) is 0 Å². The molecule has 0 N–H and O–H groups in total. The van der Waals surface area contributed by atoms with Crippen LogP contribution in [-0.4, -0.2) is 12.8 Å². The molecule has 1 heteroatoms. The highest BCUT2D eigenvalue weighted by Gasteiger charge is 2.00. The van der Waals surface area contributed by atoms with Crippen molar-refractivity contribution in [3.8, 4) is 0 Å². The van der Waals surface area contributed by atoms with Gasteiger partial charge in [0.25, 0.3) is 0 Å². The van der Waals surface area contributed by atoms with E-state index in [1.165, 1.54) is 0 Å². The van der Waals surface area contributed by atoms with Gasteiger partial charge in [-0.25, -0.2) is 0 Å². The van der Waals surface area contributed by atoms with Crippen LogP contribution in [0.15, 0.2) is 29.3 Å². The van der Waals surface area contributed by atoms with E-state index in [2.05, 4.69) is 18.2 Å². The van der Waals surface area contributed by atoms with Gasteiger partial charge in [0.2, 0.25) is 0 Å². The van der Waals surface area contributed by atoms with Gasteiger partial charge in [0.15, 0.2) is 0 Å². The number of hydrogen-bond acceptors (Lipinski definition) is 1. The third-order valence-corrected chi connectivity index (χ3v) is 0.983. The van der Waals surface area contributed by atoms with E-state index in [1.54, 1.807) is 6.21 Å². The first-order chi connectivity index (χ1) is 3.30. The number of rotatable bonds is 0. The summed E-state index contributed by atoms with van der Waals surface area (Å²) < 4.78 is 0. The molecule has 0 aromatic rings. The quantitative estimate of drug-likeness (QED) is 0.426. The Bertz CT molecular complexity index is 142. The van der Waals surface area contributed by atoms with E-state index in [9.17, 15) is 0 Å². The zero-order valence-corrected chi connectivity index (χ0v) is 4.15. The highest BCUT2D eigenvalue weighted by Crippen LogP contribution is 2.07. The highest BCUT2D eigenvalue weighted by atomic mass is 14.7. The van der Waals surface area contributed by atoms with E-state index in [0.717, 1.165) is 17.7 Å². The lowest BCUT2D eigenvalue weighted by Gasteiger charge is -1.85. The number of aliphatic imine (C=N–C) groups is 1. The zero-order chi connectivity index (χ0) is 5.28. The molecule has 7 heavy (non-hydrogen) atoms. The van der Waals surface area contributed by atoms with Crippen LogP contribution in [0.2, 0.25) is 0 Å². The van der Waals surface area contributed by atoms with E-state index >= 15 is 0 Å². The average molecular weight is 93.1 g/mol. The maximum atomic E-state index is 3.92. The Morgan fingerprint density at radius 2 is 2.29 bits per heavy atom. The Morgan fingerprint density at radius 3 is 2.43 bits per heavy atom. The molecule has 0 aromatic heterocycles. The minimum Gasteiger partial charge on any atom is -0.288 e. The first kappa shape index (κ1) is 4.31. The van der Waals surface area contributed by atoms with Crippen LogP contribution in [0.5, 0.6) is 0 Å². The second kappa shape index (κ2) is 1.34. The molecule has 1 aliphatic rings. The van der Waals surface area contributed by atoms with Gasteiger partial charge in [0.1, 0.15) is 0 Å². The summed E-state index contributed by atoms with van der Waals surface area (Å²) >= 11 is 0. The largest absolute Gasteiger partial charge is 0.288 e. The first-order valence-electron chi connectivity index (χ1n) is 2.17. The Balaban J connectivity index is 2.81. The Kier molecular flexibility index (Phi) is 0.823. The van der Waals surface area contributed by atoms with Gasteiger partial charge in [-0.2, -0.15) is 0 Å². The van der Waals surface area contributed by atoms with Crippen molar-refractivity contribution in [1.29, 1.82) is 0 Å². The highest BCUT2D eigenvalue weighted by molar-refractivity contribution is 5.86. The minimum absolute atomic E-state index is 0.749. The van der Waals surface area contributed by atoms with Crippen LogP contribution >= 0.6 is 0 Å². The van der Waals surface area contributed by atoms with Crippen LogP contribution in [0.3, 0.4) is 0 Å². The van der Waals surface area contributed by atoms with Crippen molar-refractivity contribution in [2.45, 2.75) is 0 Å². The summed E-state index contributed by atoms with van der Waals surface area (Å²) in [4.78, 5) is 3.92. The third-order valence-electron chi connectivity index (χ3n) is 0.983. The van der Waals surface area contributed by atoms with Crippen LogP contribution in [0.1, 0.15) is 0 Å². The molecule has 0 aromatic carbocycles. The topological polar surface area (TPSA) is 12.4 Å². The van der Waals surface area contributed by atoms with Crippen molar-refractivity contribution in [1.82, 2.24) is 0 Å². The predicted molar refractivity (Wildman–Crippen MR) is 31.6 cm³/mol. The van der Waals surface area contributed by atoms with Crippen LogP contribution < -0.4 is 0 Å². The van der Waals surface area contributed by atoms with Gasteiger partial charge in [-0.1, -0.05) is 13.2 Å². The van der Waals surface area contributed by atoms with Crippen molar-refractivity contribution in [3.05, 3.63) is 24.3 Å². The molecule has 1 aliphatic heterocycles. The second-order valence-electron chi connectivity index (χ2n) is 1.60. The molecule has 0 saturated heterocycles. The van der Waals surface area contributed by atoms with Gasteiger partial charge in [-0.05, 0) is 11.1 Å². The van der Waals surface area contributed by atoms with Crippen molar-refractivity contribution < 1.29 is 0 Å². The van der Waals surface area contributed by atoms with E-state index < -0.39 is 0 Å². The summed E-state index contributed by atoms with van der Waals surface area (Å²) in [6.07, 6.45) is 1.75. The molecule has 0 aliphatic carbocycles. The summed E-state index contributed by atoms with van der Waals surface area (Å²) in [5, 5.41) is 0. The molecule has 0 radical (unpaired) electrons. The zero-order valence-electron chi connectivity index (χ0n) is 4.15. The Labute approximate surface area is 43.1 Å². The molecule has 0 fully saturated rings. The fraction of sp³-hybridized carbons (Fsp3) is 0.167. The number of hydrogen-bond donors (Lipinski definition) is 0. The maximum absolute atomic E-state index is 3.92. The lowest BCUT2D eigenvalue weighted by Crippen LogP contribution is -1.77. The third kappa shape index (κ3) is 0.610. The molecule has 0 unspecified atom stereocenters. The molecule has 0 bridgehead atoms. The summed E-state index contributed by atoms with van der Waals surface area (Å²) in [6, 6.07) is 0. The fourth-order valence-electron chi connectivity index (χ4n) is 0.459. The van der Waals surface area contributed by atoms with Gasteiger partial charge in [0.05, 0.1) is 6.54 Å². The van der Waals surface area contributed by atoms with Gasteiger partial charge in [-0.3, -0.25) is 4.99 Å². The van der Waals surface area contributed by atoms with Crippen molar-refractivity contribution in [2.75, 3.05) is 6.54 Å². The smallest absolute Gasteiger partial charge is 0.0640 e. The van der Waals surface area contributed by atoms with Crippen LogP contribution in [0.25, 0.3) is 0 Å². The summed E-state index contributed by atoms with van der Waals surface area (Å²) in [7, 11) is 0. The molecule has 1 heterocycles. The summed E-state index contributed by atoms with van der Waals surface area (Å²) in [6.45, 7) is 8.15. The minimum atomic E-state index is 0.749. The lowest BCUT2D eigenvalue weighted by atomic mass is 10.2. The van der Waals surface area contributed by atoms with Crippen molar-refractivity contribution in [3.63, 3.8) is 0 Å². The second-order valence-corrected chi connectivity index (χ2v) is 1.60. The van der Waals surface area contributed by atoms with Gasteiger partial charge in [0, 0.05) is 6.21 Å². The fourth-order valence-corrected chi connectivity index (χ4v) is 0.459. The molecule has 0 saturated carbocycles. The van der Waals surface area contributed by atoms with E-state index in [0.29, 0.717) is 0 Å². The molecular formula is C6H7N. The van der Waals surface area contributed by atoms with Crippen molar-refractivity contribution in [2.24, 2.45) is 4.99 Å². The molecule has 1 rings (SSSR count). The van der Waals surface area contributed by atoms with E-state index in [-0.39, 0.29) is 0 Å². The summed E-state index contributed by atoms with van der Waals surface area (Å²) in [5.41, 5.74) is 2.01. The lowest BCUT2D eigenvalue weighted by molar-refractivity contribution is 1.24. The molecule has 36 valence electrons. The first-order valence-corrected chi connectivity index (χ1v) is 2.17. The SMILES string of the molecule is C=C1C=NCC1=C. The normalized spacial score (nSPS) is 18.9. The van der Waals surface area contributed by atoms with Crippen molar-refractivity contribution >= 4 is 6.21 Å². The van der Waals surface area contributed by atoms with E-state index in [1.807, 2.05) is 0 Å². The average Bonchev–Trinajstić information content (AvgIpc) is 1.91. The standard InChI is InChI=1S/C6H7N/c1-5-3-7-4-6(5)2/h3H,1-2,4H2. The molecule has 0 atom stereocenters. The van der Waals surface area contributed by atoms with Gasteiger partial charge < -0.3 is 0 Å².